The first kappa shape index (κ1) is 32.5. The zero-order valence-electron chi connectivity index (χ0n) is 22.5. The van der Waals surface area contributed by atoms with Crippen LogP contribution in [-0.2, 0) is 24.2 Å². The van der Waals surface area contributed by atoms with Gasteiger partial charge in [0, 0.05) is 31.1 Å². The van der Waals surface area contributed by atoms with E-state index in [-0.39, 0.29) is 31.9 Å². The van der Waals surface area contributed by atoms with Crippen LogP contribution in [0.3, 0.4) is 0 Å². The van der Waals surface area contributed by atoms with E-state index in [9.17, 15) is 23.7 Å². The number of nitrogens with one attached hydrogen (secondary N) is 3. The fourth-order valence-corrected chi connectivity index (χ4v) is 6.79. The second-order valence-electron chi connectivity index (χ2n) is 10.7. The summed E-state index contributed by atoms with van der Waals surface area (Å²) in [4.78, 5) is 0. The molecule has 13 N–H and O–H groups in total. The SMILES string of the molecule is CN[C@@H]1[C@@H](O)[C@@H](O[C@H]2[C@H](NS(=O)(=O)CCN)C[C@H](N)C([C@H]3OC(CNCCO)=CC[C@H]3N)[C@@H]2O)OC[C@]1(C)O. The van der Waals surface area contributed by atoms with Crippen molar-refractivity contribution in [2.75, 3.05) is 45.6 Å². The molecule has 0 spiro atoms. The molecule has 1 saturated carbocycles. The second-order valence-corrected chi connectivity index (χ2v) is 12.6. The first-order valence-electron chi connectivity index (χ1n) is 13.3. The maximum absolute atomic E-state index is 12.6. The van der Waals surface area contributed by atoms with Crippen molar-refractivity contribution >= 4 is 10.0 Å². The van der Waals surface area contributed by atoms with E-state index in [0.717, 1.165) is 0 Å². The summed E-state index contributed by atoms with van der Waals surface area (Å²) in [5.41, 5.74) is 17.0. The summed E-state index contributed by atoms with van der Waals surface area (Å²) < 4.78 is 45.7. The summed E-state index contributed by atoms with van der Waals surface area (Å²) >= 11 is 0. The van der Waals surface area contributed by atoms with E-state index in [4.69, 9.17) is 36.5 Å². The molecule has 0 aromatic carbocycles. The number of rotatable bonds is 12. The third-order valence-electron chi connectivity index (χ3n) is 7.59. The van der Waals surface area contributed by atoms with Gasteiger partial charge in [0.25, 0.3) is 0 Å². The number of likely N-dealkylation sites (N-methyl/N-ethyl adjacent to an activating group) is 1. The zero-order chi connectivity index (χ0) is 29.0. The van der Waals surface area contributed by atoms with Gasteiger partial charge in [-0.3, -0.25) is 0 Å². The van der Waals surface area contributed by atoms with Gasteiger partial charge < -0.3 is 62.5 Å². The van der Waals surface area contributed by atoms with Gasteiger partial charge in [-0.25, -0.2) is 13.1 Å². The lowest BCUT2D eigenvalue weighted by atomic mass is 9.73. The van der Waals surface area contributed by atoms with Gasteiger partial charge in [0.2, 0.25) is 10.0 Å². The Hall–Kier alpha value is -0.990. The number of ether oxygens (including phenoxy) is 3. The lowest BCUT2D eigenvalue weighted by molar-refractivity contribution is -0.297. The number of aliphatic hydroxyl groups is 4. The van der Waals surface area contributed by atoms with Crippen molar-refractivity contribution in [3.63, 3.8) is 0 Å². The minimum atomic E-state index is -3.85. The topological polar surface area (TPSA) is 257 Å². The van der Waals surface area contributed by atoms with Crippen LogP contribution in [0.4, 0.5) is 0 Å². The quantitative estimate of drug-likeness (QED) is 0.0967. The van der Waals surface area contributed by atoms with E-state index < -0.39 is 76.4 Å². The molecule has 0 aromatic heterocycles. The molecule has 3 rings (SSSR count). The van der Waals surface area contributed by atoms with Gasteiger partial charge >= 0.3 is 0 Å². The molecule has 0 bridgehead atoms. The first-order chi connectivity index (χ1) is 18.3. The first-order valence-corrected chi connectivity index (χ1v) is 14.9. The van der Waals surface area contributed by atoms with Crippen LogP contribution in [0.5, 0.6) is 0 Å². The van der Waals surface area contributed by atoms with Crippen LogP contribution in [0.25, 0.3) is 0 Å². The van der Waals surface area contributed by atoms with Crippen LogP contribution >= 0.6 is 0 Å². The third-order valence-corrected chi connectivity index (χ3v) is 9.03. The van der Waals surface area contributed by atoms with Gasteiger partial charge in [0.05, 0.1) is 43.7 Å². The molecule has 3 aliphatic rings. The molecule has 1 saturated heterocycles. The van der Waals surface area contributed by atoms with Crippen molar-refractivity contribution in [3.8, 4) is 0 Å². The average Bonchev–Trinajstić information content (AvgIpc) is 2.84. The van der Waals surface area contributed by atoms with Crippen LogP contribution in [0, 0.1) is 5.92 Å². The Morgan fingerprint density at radius 3 is 2.59 bits per heavy atom. The summed E-state index contributed by atoms with van der Waals surface area (Å²) in [5, 5.41) is 48.1. The number of aliphatic hydroxyl groups excluding tert-OH is 3. The highest BCUT2D eigenvalue weighted by molar-refractivity contribution is 7.89. The predicted octanol–water partition coefficient (Wildman–Crippen LogP) is -5.04. The summed E-state index contributed by atoms with van der Waals surface area (Å²) in [6.45, 7) is 1.88. The minimum Gasteiger partial charge on any atom is -0.492 e. The van der Waals surface area contributed by atoms with E-state index >= 15 is 0 Å². The van der Waals surface area contributed by atoms with Gasteiger partial charge in [-0.05, 0) is 32.9 Å². The van der Waals surface area contributed by atoms with Gasteiger partial charge in [-0.2, -0.15) is 0 Å². The molecule has 1 unspecified atom stereocenters. The lowest BCUT2D eigenvalue weighted by Gasteiger charge is -2.50. The molecule has 11 atom stereocenters. The van der Waals surface area contributed by atoms with E-state index in [2.05, 4.69) is 15.4 Å². The van der Waals surface area contributed by atoms with Crippen molar-refractivity contribution in [2.24, 2.45) is 23.1 Å². The number of hydrogen-bond donors (Lipinski definition) is 10. The van der Waals surface area contributed by atoms with E-state index in [1.165, 1.54) is 6.92 Å². The van der Waals surface area contributed by atoms with E-state index in [1.54, 1.807) is 7.05 Å². The van der Waals surface area contributed by atoms with Crippen LogP contribution in [-0.4, -0.2) is 135 Å². The van der Waals surface area contributed by atoms with E-state index in [0.29, 0.717) is 25.3 Å². The average molecular weight is 583 g/mol. The molecule has 0 aromatic rings. The minimum absolute atomic E-state index is 0.0398. The molecule has 2 aliphatic heterocycles. The molecule has 2 heterocycles. The Bertz CT molecular complexity index is 926. The van der Waals surface area contributed by atoms with Crippen molar-refractivity contribution in [3.05, 3.63) is 11.8 Å². The molecular weight excluding hydrogens is 536 g/mol. The van der Waals surface area contributed by atoms with Crippen molar-refractivity contribution in [2.45, 2.75) is 80.2 Å². The standard InChI is InChI=1S/C23H46N6O9S/c1-23(33)11-36-22(18(32)21(23)27-2)38-20-15(29-39(34,35)8-5-24)9-14(26)16(17(20)31)19-13(25)4-3-12(37-19)10-28-6-7-30/h3,13-22,27-33H,4-11,24-26H2,1-2H3/t13-,14+,15-,16?,17+,18-,19+,20+,21-,22-,23+/m1/s1. The summed E-state index contributed by atoms with van der Waals surface area (Å²) in [6, 6.07) is -3.04. The second kappa shape index (κ2) is 13.8. The summed E-state index contributed by atoms with van der Waals surface area (Å²) in [5.74, 6) is -0.516. The smallest absolute Gasteiger partial charge is 0.213 e. The van der Waals surface area contributed by atoms with Crippen LogP contribution in [0.2, 0.25) is 0 Å². The molecule has 228 valence electrons. The Morgan fingerprint density at radius 2 is 1.95 bits per heavy atom. The van der Waals surface area contributed by atoms with Crippen LogP contribution < -0.4 is 32.6 Å². The predicted molar refractivity (Wildman–Crippen MR) is 141 cm³/mol. The monoisotopic (exact) mass is 582 g/mol. The number of nitrogens with two attached hydrogens (primary N) is 3. The fourth-order valence-electron chi connectivity index (χ4n) is 5.67. The molecule has 2 fully saturated rings. The Balaban J connectivity index is 1.86. The molecule has 15 nitrogen and oxygen atoms in total. The van der Waals surface area contributed by atoms with E-state index in [1.807, 2.05) is 6.08 Å². The maximum Gasteiger partial charge on any atom is 0.213 e. The summed E-state index contributed by atoms with van der Waals surface area (Å²) in [7, 11) is -2.27. The van der Waals surface area contributed by atoms with Gasteiger partial charge in [-0.1, -0.05) is 0 Å². The zero-order valence-corrected chi connectivity index (χ0v) is 23.3. The van der Waals surface area contributed by atoms with Crippen LogP contribution in [0.15, 0.2) is 11.8 Å². The molecular formula is C23H46N6O9S. The van der Waals surface area contributed by atoms with Gasteiger partial charge in [0.1, 0.15) is 29.7 Å². The van der Waals surface area contributed by atoms with Crippen molar-refractivity contribution in [1.82, 2.24) is 15.4 Å². The number of hydrogen-bond acceptors (Lipinski definition) is 14. The van der Waals surface area contributed by atoms with Crippen LogP contribution in [0.1, 0.15) is 19.8 Å². The highest BCUT2D eigenvalue weighted by Crippen LogP contribution is 2.36. The number of sulfonamides is 1. The third kappa shape index (κ3) is 7.85. The van der Waals surface area contributed by atoms with Crippen molar-refractivity contribution < 1.29 is 43.1 Å². The molecule has 1 aliphatic carbocycles. The highest BCUT2D eigenvalue weighted by Gasteiger charge is 2.53. The van der Waals surface area contributed by atoms with Gasteiger partial charge in [-0.15, -0.1) is 0 Å². The Morgan fingerprint density at radius 1 is 1.23 bits per heavy atom. The maximum atomic E-state index is 12.6. The van der Waals surface area contributed by atoms with Crippen molar-refractivity contribution in [1.29, 1.82) is 0 Å². The largest absolute Gasteiger partial charge is 0.492 e. The highest BCUT2D eigenvalue weighted by atomic mass is 32.2. The summed E-state index contributed by atoms with van der Waals surface area (Å²) in [6.07, 6.45) is -3.58. The fraction of sp³-hybridized carbons (Fsp3) is 0.913. The molecule has 39 heavy (non-hydrogen) atoms. The Kier molecular flexibility index (Phi) is 11.5. The molecule has 0 amide bonds. The lowest BCUT2D eigenvalue weighted by Crippen LogP contribution is -2.69. The molecule has 0 radical (unpaired) electrons. The normalized spacial score (nSPS) is 41.6. The molecule has 16 heteroatoms. The van der Waals surface area contributed by atoms with Gasteiger partial charge in [0.15, 0.2) is 6.29 Å². The Labute approximate surface area is 229 Å².